The van der Waals surface area contributed by atoms with Gasteiger partial charge in [0.2, 0.25) is 0 Å². The van der Waals surface area contributed by atoms with Crippen molar-refractivity contribution in [1.29, 1.82) is 0 Å². The zero-order valence-electron chi connectivity index (χ0n) is 14.5. The van der Waals surface area contributed by atoms with Gasteiger partial charge in [-0.2, -0.15) is 0 Å². The number of anilines is 1. The maximum absolute atomic E-state index is 12.2. The van der Waals surface area contributed by atoms with E-state index in [1.54, 1.807) is 0 Å². The average molecular weight is 379 g/mol. The molecule has 0 aliphatic heterocycles. The number of benzene rings is 2. The summed E-state index contributed by atoms with van der Waals surface area (Å²) in [5.41, 5.74) is 9.75. The number of aliphatic hydroxyl groups is 1. The number of hydrogen-bond donors (Lipinski definition) is 3. The lowest BCUT2D eigenvalue weighted by Gasteiger charge is -2.12. The molecule has 27 heavy (non-hydrogen) atoms. The number of nitrogens with zero attached hydrogens (tertiary/aromatic N) is 1. The number of hydrogen-bond acceptors (Lipinski definition) is 3. The van der Waals surface area contributed by atoms with Crippen LogP contribution in [0.15, 0.2) is 47.5 Å². The Hall–Kier alpha value is -2.74. The Labute approximate surface area is 154 Å². The normalized spacial score (nSPS) is 15.3. The van der Waals surface area contributed by atoms with Crippen LogP contribution in [0.4, 0.5) is 18.9 Å². The van der Waals surface area contributed by atoms with Crippen molar-refractivity contribution in [3.8, 4) is 5.75 Å². The van der Waals surface area contributed by atoms with E-state index < -0.39 is 12.5 Å². The van der Waals surface area contributed by atoms with Crippen molar-refractivity contribution in [3.63, 3.8) is 0 Å². The van der Waals surface area contributed by atoms with Crippen LogP contribution in [-0.4, -0.2) is 24.0 Å². The highest BCUT2D eigenvalue weighted by molar-refractivity contribution is 5.92. The average Bonchev–Trinajstić information content (AvgIpc) is 3.06. The number of halogens is 3. The highest BCUT2D eigenvalue weighted by Gasteiger charge is 2.31. The van der Waals surface area contributed by atoms with Gasteiger partial charge in [0.05, 0.1) is 12.6 Å². The summed E-state index contributed by atoms with van der Waals surface area (Å²) in [5, 5.41) is 13.1. The number of ether oxygens (including phenoxy) is 1. The Kier molecular flexibility index (Phi) is 5.55. The molecule has 8 heteroatoms. The molecule has 0 saturated heterocycles. The molecule has 1 atom stereocenters. The summed E-state index contributed by atoms with van der Waals surface area (Å²) in [5.74, 6) is -0.191. The molecule has 0 bridgehead atoms. The first-order chi connectivity index (χ1) is 12.8. The molecule has 0 heterocycles. The van der Waals surface area contributed by atoms with Crippen LogP contribution >= 0.6 is 0 Å². The molecular weight excluding hydrogens is 359 g/mol. The third-order valence-electron chi connectivity index (χ3n) is 4.30. The number of rotatable bonds is 5. The highest BCUT2D eigenvalue weighted by atomic mass is 19.4. The molecule has 0 saturated carbocycles. The van der Waals surface area contributed by atoms with Crippen LogP contribution in [0.25, 0.3) is 0 Å². The van der Waals surface area contributed by atoms with Crippen LogP contribution < -0.4 is 15.8 Å². The lowest BCUT2D eigenvalue weighted by Crippen LogP contribution is -2.23. The fourth-order valence-corrected chi connectivity index (χ4v) is 3.02. The van der Waals surface area contributed by atoms with E-state index in [4.69, 9.17) is 5.73 Å². The van der Waals surface area contributed by atoms with Gasteiger partial charge in [-0.25, -0.2) is 0 Å². The molecule has 0 spiro atoms. The van der Waals surface area contributed by atoms with Gasteiger partial charge in [-0.05, 0) is 60.2 Å². The molecule has 0 aromatic heterocycles. The van der Waals surface area contributed by atoms with Gasteiger partial charge in [0.1, 0.15) is 5.75 Å². The number of aryl methyl sites for hydroxylation is 2. The summed E-state index contributed by atoms with van der Waals surface area (Å²) in [7, 11) is 0. The second-order valence-corrected chi connectivity index (χ2v) is 6.32. The van der Waals surface area contributed by atoms with Crippen LogP contribution in [0.2, 0.25) is 0 Å². The minimum Gasteiger partial charge on any atom is -0.406 e. The Balaban J connectivity index is 1.56. The second-order valence-electron chi connectivity index (χ2n) is 6.32. The molecule has 4 N–H and O–H groups in total. The zero-order chi connectivity index (χ0) is 19.4. The fourth-order valence-electron chi connectivity index (χ4n) is 3.02. The standard InChI is InChI=1S/C19H20F3N3O2/c20-19(21,22)27-16-8-5-13(6-9-16)17(26)11-24-18(23)25-15-7-4-12-2-1-3-14(12)10-15/h4-10,17,26H,1-3,11H2,(H3,23,24,25). The first kappa shape index (κ1) is 19.0. The van der Waals surface area contributed by atoms with Crippen molar-refractivity contribution in [3.05, 3.63) is 59.2 Å². The number of nitrogens with one attached hydrogen (secondary N) is 1. The van der Waals surface area contributed by atoms with Crippen LogP contribution in [0.1, 0.15) is 29.2 Å². The summed E-state index contributed by atoms with van der Waals surface area (Å²) in [4.78, 5) is 4.09. The molecule has 1 unspecified atom stereocenters. The van der Waals surface area contributed by atoms with E-state index in [0.717, 1.165) is 37.1 Å². The smallest absolute Gasteiger partial charge is 0.406 e. The van der Waals surface area contributed by atoms with E-state index in [9.17, 15) is 18.3 Å². The van der Waals surface area contributed by atoms with Gasteiger partial charge in [-0.1, -0.05) is 18.2 Å². The Morgan fingerprint density at radius 1 is 1.15 bits per heavy atom. The van der Waals surface area contributed by atoms with Crippen molar-refractivity contribution >= 4 is 11.6 Å². The van der Waals surface area contributed by atoms with E-state index in [1.165, 1.54) is 23.3 Å². The van der Waals surface area contributed by atoms with Crippen molar-refractivity contribution in [2.75, 3.05) is 11.9 Å². The molecule has 5 nitrogen and oxygen atoms in total. The molecule has 0 amide bonds. The summed E-state index contributed by atoms with van der Waals surface area (Å²) in [6.45, 7) is -0.0246. The van der Waals surface area contributed by atoms with E-state index in [0.29, 0.717) is 5.56 Å². The van der Waals surface area contributed by atoms with Crippen molar-refractivity contribution in [1.82, 2.24) is 0 Å². The third-order valence-corrected chi connectivity index (χ3v) is 4.30. The summed E-state index contributed by atoms with van der Waals surface area (Å²) < 4.78 is 40.2. The quantitative estimate of drug-likeness (QED) is 0.548. The lowest BCUT2D eigenvalue weighted by molar-refractivity contribution is -0.274. The molecule has 0 fully saturated rings. The first-order valence-corrected chi connectivity index (χ1v) is 8.53. The van der Waals surface area contributed by atoms with E-state index in [-0.39, 0.29) is 18.3 Å². The van der Waals surface area contributed by atoms with Gasteiger partial charge in [-0.15, -0.1) is 13.2 Å². The maximum atomic E-state index is 12.2. The van der Waals surface area contributed by atoms with Crippen LogP contribution in [0, 0.1) is 0 Å². The minimum absolute atomic E-state index is 0.0246. The Morgan fingerprint density at radius 2 is 1.85 bits per heavy atom. The lowest BCUT2D eigenvalue weighted by atomic mass is 10.1. The van der Waals surface area contributed by atoms with Gasteiger partial charge < -0.3 is 20.9 Å². The predicted octanol–water partition coefficient (Wildman–Crippen LogP) is 3.53. The van der Waals surface area contributed by atoms with E-state index >= 15 is 0 Å². The molecule has 3 rings (SSSR count). The number of alkyl halides is 3. The van der Waals surface area contributed by atoms with Gasteiger partial charge in [-0.3, -0.25) is 4.99 Å². The van der Waals surface area contributed by atoms with Crippen LogP contribution in [-0.2, 0) is 12.8 Å². The Bertz CT molecular complexity index is 820. The largest absolute Gasteiger partial charge is 0.573 e. The van der Waals surface area contributed by atoms with Gasteiger partial charge >= 0.3 is 6.36 Å². The summed E-state index contributed by atoms with van der Waals surface area (Å²) >= 11 is 0. The Morgan fingerprint density at radius 3 is 2.56 bits per heavy atom. The third kappa shape index (κ3) is 5.37. The molecule has 2 aromatic carbocycles. The molecule has 1 aliphatic carbocycles. The number of fused-ring (bicyclic) bond motifs is 1. The zero-order valence-corrected chi connectivity index (χ0v) is 14.5. The van der Waals surface area contributed by atoms with Crippen molar-refractivity contribution in [2.24, 2.45) is 10.7 Å². The number of nitrogens with two attached hydrogens (primary N) is 1. The van der Waals surface area contributed by atoms with Crippen LogP contribution in [0.3, 0.4) is 0 Å². The summed E-state index contributed by atoms with van der Waals surface area (Å²) in [6.07, 6.45) is -2.44. The minimum atomic E-state index is -4.75. The van der Waals surface area contributed by atoms with Crippen molar-refractivity contribution < 1.29 is 23.0 Å². The number of guanidine groups is 1. The van der Waals surface area contributed by atoms with Gasteiger partial charge in [0.15, 0.2) is 5.96 Å². The maximum Gasteiger partial charge on any atom is 0.573 e. The van der Waals surface area contributed by atoms with E-state index in [1.807, 2.05) is 12.1 Å². The van der Waals surface area contributed by atoms with E-state index in [2.05, 4.69) is 21.1 Å². The molecule has 2 aromatic rings. The fraction of sp³-hybridized carbons (Fsp3) is 0.316. The monoisotopic (exact) mass is 379 g/mol. The summed E-state index contributed by atoms with van der Waals surface area (Å²) in [6, 6.07) is 11.0. The predicted molar refractivity (Wildman–Crippen MR) is 96.7 cm³/mol. The number of aliphatic imine (C=N–C) groups is 1. The molecule has 1 aliphatic rings. The topological polar surface area (TPSA) is 79.9 Å². The highest BCUT2D eigenvalue weighted by Crippen LogP contribution is 2.26. The van der Waals surface area contributed by atoms with Crippen molar-refractivity contribution in [2.45, 2.75) is 31.7 Å². The number of aliphatic hydroxyl groups excluding tert-OH is 1. The van der Waals surface area contributed by atoms with Crippen LogP contribution in [0.5, 0.6) is 5.75 Å². The molecule has 144 valence electrons. The first-order valence-electron chi connectivity index (χ1n) is 8.53. The SMILES string of the molecule is NC(=NCC(O)c1ccc(OC(F)(F)F)cc1)Nc1ccc2c(c1)CCC2. The molecule has 0 radical (unpaired) electrons. The molecular formula is C19H20F3N3O2. The second kappa shape index (κ2) is 7.87. The van der Waals surface area contributed by atoms with Gasteiger partial charge in [0, 0.05) is 5.69 Å². The van der Waals surface area contributed by atoms with Gasteiger partial charge in [0.25, 0.3) is 0 Å².